The zero-order valence-electron chi connectivity index (χ0n) is 10.2. The Balaban J connectivity index is 2.11. The Kier molecular flexibility index (Phi) is 4.09. The van der Waals surface area contributed by atoms with Gasteiger partial charge in [0, 0.05) is 18.8 Å². The van der Waals surface area contributed by atoms with Crippen LogP contribution >= 0.6 is 11.6 Å². The second-order valence-corrected chi connectivity index (χ2v) is 5.10. The lowest BCUT2D eigenvalue weighted by Crippen LogP contribution is -2.36. The molecule has 1 aliphatic rings. The van der Waals surface area contributed by atoms with Gasteiger partial charge in [0.25, 0.3) is 0 Å². The van der Waals surface area contributed by atoms with E-state index in [0.717, 1.165) is 38.2 Å². The van der Waals surface area contributed by atoms with Gasteiger partial charge in [0.15, 0.2) is 0 Å². The third-order valence-electron chi connectivity index (χ3n) is 3.53. The van der Waals surface area contributed by atoms with E-state index in [9.17, 15) is 4.79 Å². The molecule has 0 atom stereocenters. The van der Waals surface area contributed by atoms with Crippen molar-refractivity contribution in [2.45, 2.75) is 12.8 Å². The summed E-state index contributed by atoms with van der Waals surface area (Å²) in [5, 5.41) is 0.418. The molecule has 0 aliphatic carbocycles. The summed E-state index contributed by atoms with van der Waals surface area (Å²) < 4.78 is 0. The molecule has 1 aromatic rings. The van der Waals surface area contributed by atoms with Crippen LogP contribution in [-0.2, 0) is 0 Å². The number of benzene rings is 1. The first kappa shape index (κ1) is 13.2. The number of carbonyl (C=O) groups excluding carboxylic acids is 1. The second-order valence-electron chi connectivity index (χ2n) is 4.69. The van der Waals surface area contributed by atoms with E-state index in [1.54, 1.807) is 6.07 Å². The van der Waals surface area contributed by atoms with Crippen molar-refractivity contribution in [3.05, 3.63) is 28.8 Å². The molecule has 1 aromatic carbocycles. The van der Waals surface area contributed by atoms with Crippen molar-refractivity contribution < 1.29 is 4.79 Å². The molecule has 0 saturated carbocycles. The Morgan fingerprint density at radius 2 is 2.06 bits per heavy atom. The Bertz CT molecular complexity index is 442. The standard InChI is InChI=1S/C13H18ClN3O/c14-12-7-10(1-2-11(12)13(16)18)17-5-3-9(8-15)4-6-17/h1-2,7,9H,3-6,8,15H2,(H2,16,18). The lowest BCUT2D eigenvalue weighted by molar-refractivity contribution is 0.100. The van der Waals surface area contributed by atoms with E-state index in [1.165, 1.54) is 0 Å². The van der Waals surface area contributed by atoms with Crippen molar-refractivity contribution in [2.75, 3.05) is 24.5 Å². The zero-order valence-corrected chi connectivity index (χ0v) is 11.0. The molecule has 0 spiro atoms. The van der Waals surface area contributed by atoms with Gasteiger partial charge in [-0.2, -0.15) is 0 Å². The van der Waals surface area contributed by atoms with Crippen LogP contribution in [0.5, 0.6) is 0 Å². The molecule has 1 aliphatic heterocycles. The van der Waals surface area contributed by atoms with Crippen molar-refractivity contribution in [3.8, 4) is 0 Å². The van der Waals surface area contributed by atoms with Gasteiger partial charge in [-0.1, -0.05) is 11.6 Å². The molecule has 0 radical (unpaired) electrons. The van der Waals surface area contributed by atoms with E-state index < -0.39 is 5.91 Å². The zero-order chi connectivity index (χ0) is 13.1. The van der Waals surface area contributed by atoms with Crippen molar-refractivity contribution in [1.82, 2.24) is 0 Å². The number of halogens is 1. The summed E-state index contributed by atoms with van der Waals surface area (Å²) in [7, 11) is 0. The van der Waals surface area contributed by atoms with Crippen molar-refractivity contribution in [2.24, 2.45) is 17.4 Å². The first-order chi connectivity index (χ1) is 8.61. The molecule has 98 valence electrons. The number of amides is 1. The summed E-state index contributed by atoms with van der Waals surface area (Å²) in [4.78, 5) is 13.4. The van der Waals surface area contributed by atoms with Crippen LogP contribution in [0.2, 0.25) is 5.02 Å². The van der Waals surface area contributed by atoms with Gasteiger partial charge in [0.2, 0.25) is 5.91 Å². The summed E-state index contributed by atoms with van der Waals surface area (Å²) in [6, 6.07) is 5.40. The van der Waals surface area contributed by atoms with Crippen molar-refractivity contribution in [1.29, 1.82) is 0 Å². The van der Waals surface area contributed by atoms with Gasteiger partial charge < -0.3 is 16.4 Å². The van der Waals surface area contributed by atoms with Gasteiger partial charge in [0.1, 0.15) is 0 Å². The smallest absolute Gasteiger partial charge is 0.250 e. The average Bonchev–Trinajstić information content (AvgIpc) is 2.38. The van der Waals surface area contributed by atoms with E-state index in [4.69, 9.17) is 23.1 Å². The lowest BCUT2D eigenvalue weighted by atomic mass is 9.96. The van der Waals surface area contributed by atoms with Crippen LogP contribution in [0, 0.1) is 5.92 Å². The maximum absolute atomic E-state index is 11.1. The van der Waals surface area contributed by atoms with E-state index in [2.05, 4.69) is 4.90 Å². The van der Waals surface area contributed by atoms with E-state index in [1.807, 2.05) is 12.1 Å². The molecule has 0 bridgehead atoms. The molecule has 0 aromatic heterocycles. The van der Waals surface area contributed by atoms with E-state index in [-0.39, 0.29) is 0 Å². The van der Waals surface area contributed by atoms with Gasteiger partial charge in [-0.05, 0) is 43.5 Å². The topological polar surface area (TPSA) is 72.3 Å². The summed E-state index contributed by atoms with van der Waals surface area (Å²) >= 11 is 6.05. The predicted molar refractivity (Wildman–Crippen MR) is 74.0 cm³/mol. The molecule has 1 heterocycles. The Morgan fingerprint density at radius 3 is 2.56 bits per heavy atom. The van der Waals surface area contributed by atoms with E-state index in [0.29, 0.717) is 16.5 Å². The summed E-state index contributed by atoms with van der Waals surface area (Å²) in [6.07, 6.45) is 2.21. The third kappa shape index (κ3) is 2.76. The van der Waals surface area contributed by atoms with Crippen molar-refractivity contribution in [3.63, 3.8) is 0 Å². The molecule has 1 fully saturated rings. The molecule has 0 unspecified atom stereocenters. The third-order valence-corrected chi connectivity index (χ3v) is 3.84. The number of nitrogens with two attached hydrogens (primary N) is 2. The minimum atomic E-state index is -0.492. The number of hydrogen-bond donors (Lipinski definition) is 2. The number of carbonyl (C=O) groups is 1. The first-order valence-corrected chi connectivity index (χ1v) is 6.54. The monoisotopic (exact) mass is 267 g/mol. The van der Waals surface area contributed by atoms with E-state index >= 15 is 0 Å². The van der Waals surface area contributed by atoms with Gasteiger partial charge in [0.05, 0.1) is 10.6 Å². The lowest BCUT2D eigenvalue weighted by Gasteiger charge is -2.33. The number of primary amides is 1. The molecular weight excluding hydrogens is 250 g/mol. The molecule has 4 N–H and O–H groups in total. The molecule has 1 amide bonds. The Labute approximate surface area is 112 Å². The minimum absolute atomic E-state index is 0.372. The Hall–Kier alpha value is -1.26. The number of anilines is 1. The fourth-order valence-electron chi connectivity index (χ4n) is 2.33. The van der Waals surface area contributed by atoms with Crippen molar-refractivity contribution >= 4 is 23.2 Å². The van der Waals surface area contributed by atoms with Gasteiger partial charge in [-0.3, -0.25) is 4.79 Å². The quantitative estimate of drug-likeness (QED) is 0.874. The number of hydrogen-bond acceptors (Lipinski definition) is 3. The molecule has 5 heteroatoms. The Morgan fingerprint density at radius 1 is 1.39 bits per heavy atom. The molecule has 18 heavy (non-hydrogen) atoms. The average molecular weight is 268 g/mol. The summed E-state index contributed by atoms with van der Waals surface area (Å²) in [5.74, 6) is 0.134. The summed E-state index contributed by atoms with van der Waals surface area (Å²) in [5.41, 5.74) is 12.3. The minimum Gasteiger partial charge on any atom is -0.371 e. The molecular formula is C13H18ClN3O. The molecule has 1 saturated heterocycles. The first-order valence-electron chi connectivity index (χ1n) is 6.16. The van der Waals surface area contributed by atoms with Gasteiger partial charge in [-0.15, -0.1) is 0 Å². The van der Waals surface area contributed by atoms with Crippen LogP contribution in [-0.4, -0.2) is 25.5 Å². The van der Waals surface area contributed by atoms with Crippen LogP contribution in [0.4, 0.5) is 5.69 Å². The largest absolute Gasteiger partial charge is 0.371 e. The number of nitrogens with zero attached hydrogens (tertiary/aromatic N) is 1. The highest BCUT2D eigenvalue weighted by Crippen LogP contribution is 2.27. The SMILES string of the molecule is NCC1CCN(c2ccc(C(N)=O)c(Cl)c2)CC1. The highest BCUT2D eigenvalue weighted by atomic mass is 35.5. The predicted octanol–water partition coefficient (Wildman–Crippen LogP) is 1.61. The van der Waals surface area contributed by atoms with Crippen LogP contribution in [0.15, 0.2) is 18.2 Å². The molecule has 2 rings (SSSR count). The highest BCUT2D eigenvalue weighted by Gasteiger charge is 2.19. The maximum atomic E-state index is 11.1. The fourth-order valence-corrected chi connectivity index (χ4v) is 2.60. The second kappa shape index (κ2) is 5.59. The highest BCUT2D eigenvalue weighted by molar-refractivity contribution is 6.34. The van der Waals surface area contributed by atoms with Crippen LogP contribution < -0.4 is 16.4 Å². The normalized spacial score (nSPS) is 16.9. The number of piperidine rings is 1. The van der Waals surface area contributed by atoms with Crippen LogP contribution in [0.3, 0.4) is 0 Å². The number of rotatable bonds is 3. The van der Waals surface area contributed by atoms with Crippen LogP contribution in [0.1, 0.15) is 23.2 Å². The van der Waals surface area contributed by atoms with Gasteiger partial charge >= 0.3 is 0 Å². The molecule has 4 nitrogen and oxygen atoms in total. The van der Waals surface area contributed by atoms with Crippen LogP contribution in [0.25, 0.3) is 0 Å². The van der Waals surface area contributed by atoms with Gasteiger partial charge in [-0.25, -0.2) is 0 Å². The fraction of sp³-hybridized carbons (Fsp3) is 0.462. The maximum Gasteiger partial charge on any atom is 0.250 e. The summed E-state index contributed by atoms with van der Waals surface area (Å²) in [6.45, 7) is 2.72.